The van der Waals surface area contributed by atoms with Gasteiger partial charge in [-0.05, 0) is 25.0 Å². The first-order chi connectivity index (χ1) is 8.35. The summed E-state index contributed by atoms with van der Waals surface area (Å²) in [6, 6.07) is 8.68. The van der Waals surface area contributed by atoms with Crippen molar-refractivity contribution in [3.05, 3.63) is 24.3 Å². The van der Waals surface area contributed by atoms with Gasteiger partial charge in [-0.15, -0.1) is 5.10 Å². The van der Waals surface area contributed by atoms with Crippen LogP contribution in [0.4, 0.5) is 0 Å². The molecule has 4 heteroatoms. The molecule has 0 amide bonds. The normalized spacial score (nSPS) is 11.5. The molecule has 0 radical (unpaired) electrons. The molecule has 2 aromatic rings. The van der Waals surface area contributed by atoms with Crippen LogP contribution in [-0.2, 0) is 6.54 Å². The molecule has 4 nitrogen and oxygen atoms in total. The van der Waals surface area contributed by atoms with Crippen molar-refractivity contribution in [1.82, 2.24) is 20.3 Å². The van der Waals surface area contributed by atoms with E-state index in [0.717, 1.165) is 24.1 Å². The second-order valence-corrected chi connectivity index (χ2v) is 4.27. The molecule has 0 saturated carbocycles. The van der Waals surface area contributed by atoms with E-state index in [4.69, 9.17) is 0 Å². The number of fused-ring (bicyclic) bond motifs is 1. The van der Waals surface area contributed by atoms with Crippen molar-refractivity contribution in [3.8, 4) is 0 Å². The Bertz CT molecular complexity index is 459. The molecule has 2 rings (SSSR count). The number of aromatic nitrogens is 3. The summed E-state index contributed by atoms with van der Waals surface area (Å²) >= 11 is 0. The van der Waals surface area contributed by atoms with Gasteiger partial charge in [-0.1, -0.05) is 31.2 Å². The number of nitrogens with one attached hydrogen (secondary N) is 1. The Hall–Kier alpha value is -1.42. The number of rotatable bonds is 6. The average Bonchev–Trinajstić information content (AvgIpc) is 2.78. The quantitative estimate of drug-likeness (QED) is 0.830. The Morgan fingerprint density at radius 1 is 1.24 bits per heavy atom. The number of para-hydroxylation sites is 1. The van der Waals surface area contributed by atoms with E-state index in [-0.39, 0.29) is 0 Å². The molecule has 0 atom stereocenters. The molecule has 0 bridgehead atoms. The topological polar surface area (TPSA) is 42.7 Å². The van der Waals surface area contributed by atoms with Crippen LogP contribution in [0.2, 0.25) is 0 Å². The van der Waals surface area contributed by atoms with E-state index in [9.17, 15) is 0 Å². The number of hydrogen-bond donors (Lipinski definition) is 1. The van der Waals surface area contributed by atoms with Crippen molar-refractivity contribution < 1.29 is 0 Å². The highest BCUT2D eigenvalue weighted by atomic mass is 15.4. The van der Waals surface area contributed by atoms with Crippen LogP contribution >= 0.6 is 0 Å². The largest absolute Gasteiger partial charge is 0.312 e. The summed E-state index contributed by atoms with van der Waals surface area (Å²) in [5.41, 5.74) is 2.08. The third kappa shape index (κ3) is 2.82. The Kier molecular flexibility index (Phi) is 4.09. The van der Waals surface area contributed by atoms with Crippen molar-refractivity contribution in [3.63, 3.8) is 0 Å². The fourth-order valence-electron chi connectivity index (χ4n) is 2.03. The summed E-state index contributed by atoms with van der Waals surface area (Å²) < 4.78 is 1.96. The first-order valence-corrected chi connectivity index (χ1v) is 6.36. The van der Waals surface area contributed by atoms with Gasteiger partial charge in [0.2, 0.25) is 0 Å². The van der Waals surface area contributed by atoms with E-state index in [1.54, 1.807) is 0 Å². The van der Waals surface area contributed by atoms with Crippen LogP contribution in [0.15, 0.2) is 24.3 Å². The van der Waals surface area contributed by atoms with Gasteiger partial charge in [-0.25, -0.2) is 4.68 Å². The molecule has 0 aliphatic rings. The predicted octanol–water partition coefficient (Wildman–Crippen LogP) is 2.21. The highest BCUT2D eigenvalue weighted by Crippen LogP contribution is 2.09. The van der Waals surface area contributed by atoms with Crippen LogP contribution < -0.4 is 5.32 Å². The molecule has 1 heterocycles. The van der Waals surface area contributed by atoms with Gasteiger partial charge in [0.25, 0.3) is 0 Å². The highest BCUT2D eigenvalue weighted by molar-refractivity contribution is 5.73. The Morgan fingerprint density at radius 2 is 2.00 bits per heavy atom. The first-order valence-electron chi connectivity index (χ1n) is 6.36. The van der Waals surface area contributed by atoms with Gasteiger partial charge in [0.1, 0.15) is 5.52 Å². The maximum atomic E-state index is 4.17. The van der Waals surface area contributed by atoms with Crippen molar-refractivity contribution in [2.24, 2.45) is 0 Å². The molecule has 0 aliphatic carbocycles. The second kappa shape index (κ2) is 5.77. The summed E-state index contributed by atoms with van der Waals surface area (Å²) in [6.45, 7) is 6.24. The molecule has 0 spiro atoms. The smallest absolute Gasteiger partial charge is 0.113 e. The third-order valence-corrected chi connectivity index (χ3v) is 3.16. The summed E-state index contributed by atoms with van der Waals surface area (Å²) in [5.74, 6) is 0. The average molecular weight is 232 g/mol. The lowest BCUT2D eigenvalue weighted by Gasteiger charge is -2.14. The standard InChI is InChI=1S/C13H20N4/c1-3-11(4-2)14-9-10-17-13-8-6-5-7-12(13)15-16-17/h5-8,11,14H,3-4,9-10H2,1-2H3. The van der Waals surface area contributed by atoms with Gasteiger partial charge in [-0.3, -0.25) is 0 Å². The Morgan fingerprint density at radius 3 is 2.76 bits per heavy atom. The zero-order chi connectivity index (χ0) is 12.1. The number of benzene rings is 1. The molecule has 17 heavy (non-hydrogen) atoms. The predicted molar refractivity (Wildman–Crippen MR) is 69.9 cm³/mol. The van der Waals surface area contributed by atoms with Crippen molar-refractivity contribution >= 4 is 11.0 Å². The molecule has 0 aliphatic heterocycles. The van der Waals surface area contributed by atoms with E-state index >= 15 is 0 Å². The Balaban J connectivity index is 1.95. The van der Waals surface area contributed by atoms with Crippen molar-refractivity contribution in [2.45, 2.75) is 39.3 Å². The lowest BCUT2D eigenvalue weighted by atomic mass is 10.2. The van der Waals surface area contributed by atoms with Gasteiger partial charge in [0.05, 0.1) is 12.1 Å². The van der Waals surface area contributed by atoms with Gasteiger partial charge < -0.3 is 5.32 Å². The van der Waals surface area contributed by atoms with E-state index in [1.165, 1.54) is 12.8 Å². The van der Waals surface area contributed by atoms with Crippen LogP contribution in [-0.4, -0.2) is 27.6 Å². The van der Waals surface area contributed by atoms with Crippen LogP contribution in [0.3, 0.4) is 0 Å². The third-order valence-electron chi connectivity index (χ3n) is 3.16. The first kappa shape index (κ1) is 12.0. The maximum absolute atomic E-state index is 4.17. The molecular formula is C13H20N4. The summed E-state index contributed by atoms with van der Waals surface area (Å²) in [4.78, 5) is 0. The molecule has 1 N–H and O–H groups in total. The summed E-state index contributed by atoms with van der Waals surface area (Å²) in [5, 5.41) is 11.8. The molecule has 92 valence electrons. The summed E-state index contributed by atoms with van der Waals surface area (Å²) in [7, 11) is 0. The highest BCUT2D eigenvalue weighted by Gasteiger charge is 2.04. The van der Waals surface area contributed by atoms with Gasteiger partial charge in [-0.2, -0.15) is 0 Å². The lowest BCUT2D eigenvalue weighted by molar-refractivity contribution is 0.454. The van der Waals surface area contributed by atoms with E-state index < -0.39 is 0 Å². The zero-order valence-electron chi connectivity index (χ0n) is 10.6. The minimum absolute atomic E-state index is 0.616. The second-order valence-electron chi connectivity index (χ2n) is 4.27. The number of hydrogen-bond acceptors (Lipinski definition) is 3. The molecule has 1 aromatic heterocycles. The molecule has 1 aromatic carbocycles. The molecule has 0 unspecified atom stereocenters. The van der Waals surface area contributed by atoms with Crippen molar-refractivity contribution in [1.29, 1.82) is 0 Å². The van der Waals surface area contributed by atoms with Gasteiger partial charge in [0, 0.05) is 12.6 Å². The zero-order valence-corrected chi connectivity index (χ0v) is 10.6. The van der Waals surface area contributed by atoms with Crippen LogP contribution in [0.1, 0.15) is 26.7 Å². The van der Waals surface area contributed by atoms with E-state index in [2.05, 4.69) is 35.5 Å². The fourth-order valence-corrected chi connectivity index (χ4v) is 2.03. The summed E-state index contributed by atoms with van der Waals surface area (Å²) in [6.07, 6.45) is 2.35. The van der Waals surface area contributed by atoms with E-state index in [1.807, 2.05) is 22.9 Å². The van der Waals surface area contributed by atoms with E-state index in [0.29, 0.717) is 6.04 Å². The fraction of sp³-hybridized carbons (Fsp3) is 0.538. The molecular weight excluding hydrogens is 212 g/mol. The SMILES string of the molecule is CCC(CC)NCCn1nnc2ccccc21. The molecule has 0 saturated heterocycles. The lowest BCUT2D eigenvalue weighted by Crippen LogP contribution is -2.30. The van der Waals surface area contributed by atoms with Crippen LogP contribution in [0.25, 0.3) is 11.0 Å². The minimum atomic E-state index is 0.616. The van der Waals surface area contributed by atoms with Gasteiger partial charge >= 0.3 is 0 Å². The number of nitrogens with zero attached hydrogens (tertiary/aromatic N) is 3. The molecule has 0 fully saturated rings. The van der Waals surface area contributed by atoms with Crippen LogP contribution in [0.5, 0.6) is 0 Å². The van der Waals surface area contributed by atoms with Crippen molar-refractivity contribution in [2.75, 3.05) is 6.54 Å². The monoisotopic (exact) mass is 232 g/mol. The van der Waals surface area contributed by atoms with Gasteiger partial charge in [0.15, 0.2) is 0 Å². The van der Waals surface area contributed by atoms with Crippen LogP contribution in [0, 0.1) is 0 Å². The maximum Gasteiger partial charge on any atom is 0.113 e. The minimum Gasteiger partial charge on any atom is -0.312 e. The Labute approximate surface area is 102 Å².